The van der Waals surface area contributed by atoms with Crippen molar-refractivity contribution in [1.82, 2.24) is 9.80 Å². The highest BCUT2D eigenvalue weighted by Gasteiger charge is 2.57. The van der Waals surface area contributed by atoms with Crippen LogP contribution in [0.15, 0.2) is 28.7 Å². The Kier molecular flexibility index (Phi) is 4.82. The number of piperidine rings is 1. The highest BCUT2D eigenvalue weighted by Crippen LogP contribution is 2.61. The van der Waals surface area contributed by atoms with Crippen LogP contribution >= 0.6 is 0 Å². The average Bonchev–Trinajstić information content (AvgIpc) is 3.47. The third kappa shape index (κ3) is 3.42. The van der Waals surface area contributed by atoms with Crippen molar-refractivity contribution in [3.05, 3.63) is 30.0 Å². The predicted molar refractivity (Wildman–Crippen MR) is 132 cm³/mol. The number of methoxy groups -OCH3 is 1. The second-order valence-corrected chi connectivity index (χ2v) is 12.5. The number of fused-ring (bicyclic) bond motifs is 1. The van der Waals surface area contributed by atoms with Gasteiger partial charge in [0.2, 0.25) is 5.91 Å². The lowest BCUT2D eigenvalue weighted by molar-refractivity contribution is -0.157. The molecule has 2 amide bonds. The number of furan rings is 1. The number of carbonyl (C=O) groups is 2. The first kappa shape index (κ1) is 21.8. The first-order chi connectivity index (χ1) is 17.0. The van der Waals surface area contributed by atoms with Crippen molar-refractivity contribution in [3.63, 3.8) is 0 Å². The van der Waals surface area contributed by atoms with Gasteiger partial charge in [0.1, 0.15) is 0 Å². The first-order valence-corrected chi connectivity index (χ1v) is 13.6. The zero-order valence-corrected chi connectivity index (χ0v) is 20.8. The molecule has 4 saturated carbocycles. The fourth-order valence-corrected chi connectivity index (χ4v) is 8.87. The van der Waals surface area contributed by atoms with Gasteiger partial charge < -0.3 is 19.0 Å². The molecule has 1 aromatic carbocycles. The van der Waals surface area contributed by atoms with Gasteiger partial charge in [-0.3, -0.25) is 9.59 Å². The Hall–Kier alpha value is -2.50. The van der Waals surface area contributed by atoms with Crippen LogP contribution in [0.4, 0.5) is 0 Å². The van der Waals surface area contributed by atoms with Gasteiger partial charge in [-0.1, -0.05) is 12.1 Å². The largest absolute Gasteiger partial charge is 0.493 e. The zero-order chi connectivity index (χ0) is 23.8. The van der Waals surface area contributed by atoms with Crippen molar-refractivity contribution >= 4 is 22.8 Å². The van der Waals surface area contributed by atoms with E-state index in [1.807, 2.05) is 29.2 Å². The molecule has 0 N–H and O–H groups in total. The smallest absolute Gasteiger partial charge is 0.289 e. The lowest BCUT2D eigenvalue weighted by atomic mass is 9.49. The maximum Gasteiger partial charge on any atom is 0.289 e. The highest BCUT2D eigenvalue weighted by molar-refractivity contribution is 5.97. The molecule has 186 valence electrons. The molecule has 2 aliphatic heterocycles. The molecular formula is C29H36N2O4. The van der Waals surface area contributed by atoms with E-state index in [0.717, 1.165) is 87.8 Å². The SMILES string of the molecule is COc1cccc2cc(C(=O)N3CCC4(CC3)CCN(C(=O)C35CC6CC(CC(C6)C3)C5)C4)oc12. The highest BCUT2D eigenvalue weighted by atomic mass is 16.5. The Bertz CT molecular complexity index is 1140. The molecule has 3 heterocycles. The van der Waals surface area contributed by atoms with Crippen LogP contribution in [0.5, 0.6) is 5.75 Å². The molecule has 8 rings (SSSR count). The van der Waals surface area contributed by atoms with E-state index in [4.69, 9.17) is 9.15 Å². The Labute approximate surface area is 206 Å². The number of carbonyl (C=O) groups excluding carboxylic acids is 2. The maximum atomic E-state index is 13.9. The summed E-state index contributed by atoms with van der Waals surface area (Å²) in [6.07, 6.45) is 10.6. The summed E-state index contributed by atoms with van der Waals surface area (Å²) in [6.45, 7) is 3.24. The molecule has 1 spiro atoms. The van der Waals surface area contributed by atoms with Gasteiger partial charge in [0.05, 0.1) is 12.5 Å². The number of nitrogens with zero attached hydrogens (tertiary/aromatic N) is 2. The lowest BCUT2D eigenvalue weighted by Crippen LogP contribution is -2.54. The number of para-hydroxylation sites is 1. The summed E-state index contributed by atoms with van der Waals surface area (Å²) in [6, 6.07) is 7.52. The fraction of sp³-hybridized carbons (Fsp3) is 0.655. The summed E-state index contributed by atoms with van der Waals surface area (Å²) < 4.78 is 11.3. The van der Waals surface area contributed by atoms with Crippen LogP contribution in [0.3, 0.4) is 0 Å². The van der Waals surface area contributed by atoms with E-state index in [-0.39, 0.29) is 16.7 Å². The number of hydrogen-bond acceptors (Lipinski definition) is 4. The lowest BCUT2D eigenvalue weighted by Gasteiger charge is -2.56. The summed E-state index contributed by atoms with van der Waals surface area (Å²) in [5, 5.41) is 0.885. The average molecular weight is 477 g/mol. The van der Waals surface area contributed by atoms with Gasteiger partial charge in [0.15, 0.2) is 17.1 Å². The molecule has 2 saturated heterocycles. The Morgan fingerprint density at radius 1 is 0.943 bits per heavy atom. The van der Waals surface area contributed by atoms with Crippen molar-refractivity contribution in [3.8, 4) is 5.75 Å². The predicted octanol–water partition coefficient (Wildman–Crippen LogP) is 5.11. The van der Waals surface area contributed by atoms with E-state index < -0.39 is 0 Å². The molecule has 0 radical (unpaired) electrons. The molecule has 0 atom stereocenters. The molecule has 6 fully saturated rings. The third-order valence-electron chi connectivity index (χ3n) is 10.3. The van der Waals surface area contributed by atoms with Crippen LogP contribution in [-0.4, -0.2) is 54.9 Å². The molecule has 6 nitrogen and oxygen atoms in total. The minimum absolute atomic E-state index is 0.0424. The van der Waals surface area contributed by atoms with E-state index in [9.17, 15) is 9.59 Å². The third-order valence-corrected chi connectivity index (χ3v) is 10.3. The molecule has 4 aliphatic carbocycles. The van der Waals surface area contributed by atoms with Gasteiger partial charge >= 0.3 is 0 Å². The number of ether oxygens (including phenoxy) is 1. The van der Waals surface area contributed by atoms with E-state index in [1.54, 1.807) is 7.11 Å². The van der Waals surface area contributed by atoms with Gasteiger partial charge in [-0.05, 0) is 93.1 Å². The van der Waals surface area contributed by atoms with Crippen LogP contribution in [0.25, 0.3) is 11.0 Å². The van der Waals surface area contributed by atoms with Crippen molar-refractivity contribution in [2.45, 2.75) is 57.8 Å². The maximum absolute atomic E-state index is 13.9. The van der Waals surface area contributed by atoms with Crippen LogP contribution < -0.4 is 4.74 Å². The monoisotopic (exact) mass is 476 g/mol. The molecule has 2 aromatic rings. The normalized spacial score (nSPS) is 33.1. The fourth-order valence-electron chi connectivity index (χ4n) is 8.87. The molecule has 4 bridgehead atoms. The Morgan fingerprint density at radius 3 is 2.20 bits per heavy atom. The topological polar surface area (TPSA) is 63.0 Å². The molecule has 0 unspecified atom stereocenters. The van der Waals surface area contributed by atoms with Crippen molar-refractivity contribution in [1.29, 1.82) is 0 Å². The molecule has 6 aliphatic rings. The van der Waals surface area contributed by atoms with E-state index in [2.05, 4.69) is 4.90 Å². The van der Waals surface area contributed by atoms with Crippen LogP contribution in [0.2, 0.25) is 0 Å². The van der Waals surface area contributed by atoms with E-state index in [1.165, 1.54) is 19.3 Å². The van der Waals surface area contributed by atoms with Crippen LogP contribution in [0, 0.1) is 28.6 Å². The summed E-state index contributed by atoms with van der Waals surface area (Å²) in [7, 11) is 1.61. The molecule has 35 heavy (non-hydrogen) atoms. The second kappa shape index (κ2) is 7.75. The van der Waals surface area contributed by atoms with Gasteiger partial charge in [-0.2, -0.15) is 0 Å². The van der Waals surface area contributed by atoms with Gasteiger partial charge in [-0.25, -0.2) is 0 Å². The Morgan fingerprint density at radius 2 is 1.57 bits per heavy atom. The summed E-state index contributed by atoms with van der Waals surface area (Å²) in [5.41, 5.74) is 0.756. The number of hydrogen-bond donors (Lipinski definition) is 0. The second-order valence-electron chi connectivity index (χ2n) is 12.5. The summed E-state index contributed by atoms with van der Waals surface area (Å²) >= 11 is 0. The van der Waals surface area contributed by atoms with Gasteiger partial charge in [0.25, 0.3) is 5.91 Å². The zero-order valence-electron chi connectivity index (χ0n) is 20.8. The number of likely N-dealkylation sites (tertiary alicyclic amines) is 2. The van der Waals surface area contributed by atoms with Crippen LogP contribution in [-0.2, 0) is 4.79 Å². The standard InChI is InChI=1S/C29H36N2O4/c1-34-23-4-2-3-22-14-24(35-25(22)23)26(32)30-8-5-28(6-9-30)7-10-31(18-28)27(33)29-15-19-11-20(16-29)13-21(12-19)17-29/h2-4,14,19-21H,5-13,15-18H2,1H3. The molecule has 6 heteroatoms. The molecular weight excluding hydrogens is 440 g/mol. The van der Waals surface area contributed by atoms with E-state index >= 15 is 0 Å². The first-order valence-electron chi connectivity index (χ1n) is 13.6. The van der Waals surface area contributed by atoms with Crippen molar-refractivity contribution < 1.29 is 18.7 Å². The van der Waals surface area contributed by atoms with Gasteiger partial charge in [0, 0.05) is 31.6 Å². The van der Waals surface area contributed by atoms with Crippen molar-refractivity contribution in [2.24, 2.45) is 28.6 Å². The van der Waals surface area contributed by atoms with Gasteiger partial charge in [-0.15, -0.1) is 0 Å². The number of rotatable bonds is 3. The minimum atomic E-state index is -0.0439. The van der Waals surface area contributed by atoms with Crippen LogP contribution in [0.1, 0.15) is 68.3 Å². The Balaban J connectivity index is 1.01. The quantitative estimate of drug-likeness (QED) is 0.617. The number of benzene rings is 1. The van der Waals surface area contributed by atoms with Crippen molar-refractivity contribution in [2.75, 3.05) is 33.3 Å². The molecule has 1 aromatic heterocycles. The summed E-state index contributed by atoms with van der Waals surface area (Å²) in [5.74, 6) is 3.86. The minimum Gasteiger partial charge on any atom is -0.493 e. The van der Waals surface area contributed by atoms with E-state index in [0.29, 0.717) is 23.0 Å². The summed E-state index contributed by atoms with van der Waals surface area (Å²) in [4.78, 5) is 31.3. The number of amides is 2.